The molecular formula is C72H136N32O14. The van der Waals surface area contributed by atoms with Crippen molar-refractivity contribution in [3.05, 3.63) is 0 Å². The lowest BCUT2D eigenvalue weighted by Gasteiger charge is -2.28. The van der Waals surface area contributed by atoms with Crippen LogP contribution in [0.2, 0.25) is 0 Å². The molecule has 0 radical (unpaired) electrons. The lowest BCUT2D eigenvalue weighted by molar-refractivity contribution is -0.136. The van der Waals surface area contributed by atoms with Gasteiger partial charge in [-0.2, -0.15) is 0 Å². The maximum Gasteiger partial charge on any atom is 0.243 e. The fourth-order valence-electron chi connectivity index (χ4n) is 11.8. The van der Waals surface area contributed by atoms with Crippen molar-refractivity contribution < 1.29 is 67.1 Å². The van der Waals surface area contributed by atoms with Gasteiger partial charge in [-0.25, -0.2) is 0 Å². The zero-order chi connectivity index (χ0) is 89.6. The van der Waals surface area contributed by atoms with Crippen LogP contribution in [0.15, 0.2) is 30.0 Å². The van der Waals surface area contributed by atoms with Crippen LogP contribution in [0, 0.1) is 23.7 Å². The molecule has 38 N–H and O–H groups in total. The number of hydrogen-bond donors (Lipinski definition) is 26. The van der Waals surface area contributed by atoms with E-state index in [0.717, 1.165) is 0 Å². The van der Waals surface area contributed by atoms with Crippen molar-refractivity contribution in [2.24, 2.45) is 122 Å². The topological polar surface area (TPSA) is 794 Å². The summed E-state index contributed by atoms with van der Waals surface area (Å²) in [6, 6.07) is -20.2. The van der Waals surface area contributed by atoms with Gasteiger partial charge in [-0.15, -0.1) is 0 Å². The molecule has 0 spiro atoms. The molecule has 1 rings (SSSR count). The number of nitrogens with one attached hydrogen (secondary N) is 14. The quantitative estimate of drug-likeness (QED) is 0.0169. The molecule has 0 aromatic heterocycles. The lowest BCUT2D eigenvalue weighted by Crippen LogP contribution is -2.61. The second-order valence-corrected chi connectivity index (χ2v) is 30.7. The molecule has 46 heteroatoms. The molecule has 118 heavy (non-hydrogen) atoms. The summed E-state index contributed by atoms with van der Waals surface area (Å²) in [7, 11) is 0. The zero-order valence-corrected chi connectivity index (χ0v) is 70.3. The van der Waals surface area contributed by atoms with Crippen LogP contribution in [-0.4, -0.2) is 242 Å². The molecule has 0 bridgehead atoms. The normalized spacial score (nSPS) is 24.2. The summed E-state index contributed by atoms with van der Waals surface area (Å²) in [5, 5.41) is 36.9. The summed E-state index contributed by atoms with van der Waals surface area (Å²) in [5.74, 6) is -15.5. The monoisotopic (exact) mass is 1670 g/mol. The number of nitrogens with two attached hydrogens (primary N) is 12. The molecule has 0 saturated carbocycles. The van der Waals surface area contributed by atoms with Crippen LogP contribution in [0.25, 0.3) is 0 Å². The molecule has 1 aliphatic heterocycles. The van der Waals surface area contributed by atoms with Gasteiger partial charge < -0.3 is 143 Å². The summed E-state index contributed by atoms with van der Waals surface area (Å²) >= 11 is 0. The van der Waals surface area contributed by atoms with Gasteiger partial charge in [-0.1, -0.05) is 55.4 Å². The van der Waals surface area contributed by atoms with Crippen molar-refractivity contribution in [2.45, 2.75) is 270 Å². The fourth-order valence-corrected chi connectivity index (χ4v) is 11.8. The number of aliphatic imine (C=N–C) groups is 6. The van der Waals surface area contributed by atoms with E-state index in [-0.39, 0.29) is 201 Å². The fraction of sp³-hybridized carbons (Fsp3) is 0.722. The van der Waals surface area contributed by atoms with E-state index in [0.29, 0.717) is 0 Å². The van der Waals surface area contributed by atoms with E-state index < -0.39 is 167 Å². The Morgan fingerprint density at radius 1 is 0.212 bits per heavy atom. The number of carbonyl (C=O) groups excluding carboxylic acids is 14. The minimum absolute atomic E-state index is 0.0224. The Hall–Kier alpha value is -11.8. The van der Waals surface area contributed by atoms with E-state index >= 15 is 0 Å². The van der Waals surface area contributed by atoms with E-state index in [1.807, 2.05) is 0 Å². The first-order chi connectivity index (χ1) is 55.2. The minimum Gasteiger partial charge on any atom is -0.370 e. The second-order valence-electron chi connectivity index (χ2n) is 30.7. The largest absolute Gasteiger partial charge is 0.370 e. The average molecular weight is 1670 g/mol. The molecule has 0 aromatic carbocycles. The summed E-state index contributed by atoms with van der Waals surface area (Å²) in [6.07, 6.45) is -0.687. The highest BCUT2D eigenvalue weighted by Gasteiger charge is 2.38. The molecule has 14 atom stereocenters. The van der Waals surface area contributed by atoms with Gasteiger partial charge in [0.25, 0.3) is 0 Å². The predicted octanol–water partition coefficient (Wildman–Crippen LogP) is -8.63. The maximum atomic E-state index is 14.7. The van der Waals surface area contributed by atoms with E-state index in [1.54, 1.807) is 55.4 Å². The standard InChI is InChI=1S/C72H136N32O14/c1-35(2)31-49-63(115)91-39(9)53(105)95-43(19-13-25-85-67(73)74)57(109)99-47(23-17-29-89-71(81)82)61(113)104-52(34-38(7)8)66(118)94-42(12)56(108)98-46(22-16-28-88-70(79)80)60(112)102-50(32-36(3)4)64(116)92-40(10)54(106)96-44(20-14-26-86-68(75)76)58(110)100-48(24-18-30-90-72(83)84)62(114)103-51(33-37(5)6)65(117)93-41(11)55(107)97-45(59(111)101-49)21-15-27-87-69(77)78/h35-52H,13-34H2,1-12H3,(H,91,115)(H,92,116)(H,93,117)(H,94,118)(H,95,105)(H,96,106)(H,97,107)(H,98,108)(H,99,109)(H,100,110)(H,101,111)(H,102,112)(H,103,114)(H,104,113)(H4,73,74,85)(H4,75,76,86)(H4,77,78,87)(H4,79,80,88)(H4,81,82,89)(H4,83,84,90)/t39-,40-,41-,42-,43-,44-,45-,46-,47-,48-,49-,50-,51-,52-/m1/s1. The lowest BCUT2D eigenvalue weighted by atomic mass is 10.0. The Morgan fingerprint density at radius 3 is 0.458 bits per heavy atom. The summed E-state index contributed by atoms with van der Waals surface area (Å²) < 4.78 is 0. The SMILES string of the molecule is CC(C)C[C@H]1NC(=O)[C@@H](CCCN=C(N)N)NC(=O)[C@@H](C)NC(=O)[C@@H](CC(C)C)NC(=O)[C@@H](CCCN=C(N)N)NC(=O)[C@@H](CCCN=C(N)N)NC(=O)[C@@H](C)NC(=O)[C@@H](CC(C)C)NC(=O)[C@@H](CCCN=C(N)N)NC(=O)[C@@H](C)NC(=O)[C@@H](CC(C)C)NC(=O)[C@@H](CCCN=C(N)N)NC(=O)[C@@H](CCCN=C(N)N)NC(=O)[C@@H](C)NC1=O. The van der Waals surface area contributed by atoms with Crippen LogP contribution >= 0.6 is 0 Å². The van der Waals surface area contributed by atoms with Gasteiger partial charge >= 0.3 is 0 Å². The molecule has 0 aromatic rings. The van der Waals surface area contributed by atoms with Gasteiger partial charge in [0.15, 0.2) is 35.8 Å². The molecule has 0 unspecified atom stereocenters. The molecule has 14 amide bonds. The number of hydrogen-bond acceptors (Lipinski definition) is 20. The summed E-state index contributed by atoms with van der Waals surface area (Å²) in [4.78, 5) is 227. The molecule has 0 aliphatic carbocycles. The Bertz CT molecular complexity index is 3270. The van der Waals surface area contributed by atoms with Crippen LogP contribution in [-0.2, 0) is 67.1 Å². The zero-order valence-electron chi connectivity index (χ0n) is 70.3. The summed E-state index contributed by atoms with van der Waals surface area (Å²) in [5.41, 5.74) is 67.2. The summed E-state index contributed by atoms with van der Waals surface area (Å²) in [6.45, 7) is 19.0. The Balaban J connectivity index is 4.43. The number of amides is 14. The van der Waals surface area contributed by atoms with Gasteiger partial charge in [0, 0.05) is 39.3 Å². The highest BCUT2D eigenvalue weighted by Crippen LogP contribution is 2.15. The number of guanidine groups is 6. The van der Waals surface area contributed by atoms with Crippen molar-refractivity contribution in [3.8, 4) is 0 Å². The number of nitrogens with zero attached hydrogens (tertiary/aromatic N) is 6. The minimum atomic E-state index is -1.48. The van der Waals surface area contributed by atoms with Gasteiger partial charge in [0.05, 0.1) is 0 Å². The number of carbonyl (C=O) groups is 14. The maximum absolute atomic E-state index is 14.7. The van der Waals surface area contributed by atoms with E-state index in [1.165, 1.54) is 27.7 Å². The van der Waals surface area contributed by atoms with Crippen LogP contribution < -0.4 is 143 Å². The molecule has 1 saturated heterocycles. The van der Waals surface area contributed by atoms with Crippen molar-refractivity contribution in [1.29, 1.82) is 0 Å². The number of rotatable bonds is 32. The van der Waals surface area contributed by atoms with Crippen molar-refractivity contribution in [3.63, 3.8) is 0 Å². The molecule has 1 aliphatic rings. The van der Waals surface area contributed by atoms with Crippen molar-refractivity contribution in [1.82, 2.24) is 74.4 Å². The third kappa shape index (κ3) is 44.3. The molecule has 1 heterocycles. The highest BCUT2D eigenvalue weighted by atomic mass is 16.2. The van der Waals surface area contributed by atoms with Gasteiger partial charge in [-0.3, -0.25) is 97.1 Å². The van der Waals surface area contributed by atoms with E-state index in [2.05, 4.69) is 104 Å². The highest BCUT2D eigenvalue weighted by molar-refractivity contribution is 6.01. The third-order valence-electron chi connectivity index (χ3n) is 17.8. The molecule has 46 nitrogen and oxygen atoms in total. The average Bonchev–Trinajstić information content (AvgIpc) is 0.861. The first-order valence-electron chi connectivity index (χ1n) is 39.8. The smallest absolute Gasteiger partial charge is 0.243 e. The molecular weight excluding hydrogens is 1540 g/mol. The van der Waals surface area contributed by atoms with Gasteiger partial charge in [0.2, 0.25) is 82.7 Å². The van der Waals surface area contributed by atoms with E-state index in [4.69, 9.17) is 68.8 Å². The van der Waals surface area contributed by atoms with Crippen LogP contribution in [0.3, 0.4) is 0 Å². The predicted molar refractivity (Wildman–Crippen MR) is 447 cm³/mol. The first kappa shape index (κ1) is 104. The first-order valence-corrected chi connectivity index (χ1v) is 39.8. The van der Waals surface area contributed by atoms with Crippen LogP contribution in [0.1, 0.15) is 186 Å². The van der Waals surface area contributed by atoms with Crippen LogP contribution in [0.5, 0.6) is 0 Å². The Morgan fingerprint density at radius 2 is 0.331 bits per heavy atom. The molecule has 668 valence electrons. The Labute approximate surface area is 689 Å². The van der Waals surface area contributed by atoms with Crippen LogP contribution in [0.4, 0.5) is 0 Å². The molecule has 1 fully saturated rings. The Kier molecular flexibility index (Phi) is 48.5. The van der Waals surface area contributed by atoms with E-state index in [9.17, 15) is 67.1 Å². The van der Waals surface area contributed by atoms with Gasteiger partial charge in [0.1, 0.15) is 84.6 Å². The van der Waals surface area contributed by atoms with Gasteiger partial charge in [-0.05, 0) is 154 Å². The third-order valence-corrected chi connectivity index (χ3v) is 17.8. The van der Waals surface area contributed by atoms with Crippen molar-refractivity contribution in [2.75, 3.05) is 39.3 Å². The second kappa shape index (κ2) is 54.9. The van der Waals surface area contributed by atoms with Crippen molar-refractivity contribution >= 4 is 118 Å².